The van der Waals surface area contributed by atoms with Gasteiger partial charge in [0.1, 0.15) is 5.60 Å². The van der Waals surface area contributed by atoms with Gasteiger partial charge >= 0.3 is 6.09 Å². The first-order chi connectivity index (χ1) is 14.4. The maximum atomic E-state index is 12.1. The molecule has 0 spiro atoms. The van der Waals surface area contributed by atoms with E-state index in [4.69, 9.17) is 4.74 Å². The van der Waals surface area contributed by atoms with E-state index in [1.807, 2.05) is 25.7 Å². The van der Waals surface area contributed by atoms with Crippen LogP contribution in [0.3, 0.4) is 0 Å². The third kappa shape index (κ3) is 7.66. The molecule has 1 aromatic carbocycles. The predicted molar refractivity (Wildman–Crippen MR) is 121 cm³/mol. The highest BCUT2D eigenvalue weighted by atomic mass is 16.6. The van der Waals surface area contributed by atoms with Gasteiger partial charge in [-0.3, -0.25) is 9.80 Å². The van der Waals surface area contributed by atoms with E-state index in [1.165, 1.54) is 5.56 Å². The van der Waals surface area contributed by atoms with Crippen molar-refractivity contribution in [2.45, 2.75) is 52.2 Å². The van der Waals surface area contributed by atoms with E-state index in [2.05, 4.69) is 52.0 Å². The van der Waals surface area contributed by atoms with Gasteiger partial charge in [-0.25, -0.2) is 4.79 Å². The van der Waals surface area contributed by atoms with E-state index in [-0.39, 0.29) is 6.09 Å². The number of hydrogen-bond acceptors (Lipinski definition) is 4. The Kier molecular flexibility index (Phi) is 8.18. The van der Waals surface area contributed by atoms with Gasteiger partial charge in [0, 0.05) is 64.7 Å². The summed E-state index contributed by atoms with van der Waals surface area (Å²) in [5.41, 5.74) is 0.968. The molecular formula is C25H37N3O2. The molecule has 1 aromatic rings. The standard InChI is InChI=1S/C25H37N3O2/c1-25(2,3)30-24(29)28-15-12-22(13-16-28)9-7-8-14-26-17-19-27(20-18-26)21-23-10-5-4-6-11-23/h4-6,10-11,22H,8,12-21H2,1-3H3. The fraction of sp³-hybridized carbons (Fsp3) is 0.640. The first-order valence-corrected chi connectivity index (χ1v) is 11.3. The summed E-state index contributed by atoms with van der Waals surface area (Å²) in [4.78, 5) is 19.0. The van der Waals surface area contributed by atoms with Crippen LogP contribution >= 0.6 is 0 Å². The van der Waals surface area contributed by atoms with E-state index in [0.29, 0.717) is 5.92 Å². The molecule has 5 heteroatoms. The highest BCUT2D eigenvalue weighted by molar-refractivity contribution is 5.68. The summed E-state index contributed by atoms with van der Waals surface area (Å²) in [7, 11) is 0. The van der Waals surface area contributed by atoms with Crippen molar-refractivity contribution >= 4 is 6.09 Å². The van der Waals surface area contributed by atoms with Crippen LogP contribution in [0.4, 0.5) is 4.79 Å². The zero-order valence-electron chi connectivity index (χ0n) is 18.9. The van der Waals surface area contributed by atoms with E-state index >= 15 is 0 Å². The molecule has 0 bridgehead atoms. The Morgan fingerprint density at radius 2 is 1.63 bits per heavy atom. The molecule has 0 radical (unpaired) electrons. The number of carbonyl (C=O) groups is 1. The first kappa shape index (κ1) is 22.7. The average molecular weight is 412 g/mol. The molecule has 0 aliphatic carbocycles. The molecular weight excluding hydrogens is 374 g/mol. The monoisotopic (exact) mass is 411 g/mol. The quantitative estimate of drug-likeness (QED) is 0.705. The molecule has 2 fully saturated rings. The lowest BCUT2D eigenvalue weighted by molar-refractivity contribution is 0.0199. The normalized spacial score (nSPS) is 19.2. The van der Waals surface area contributed by atoms with Crippen LogP contribution in [0.5, 0.6) is 0 Å². The lowest BCUT2D eigenvalue weighted by atomic mass is 9.97. The summed E-state index contributed by atoms with van der Waals surface area (Å²) in [5, 5.41) is 0. The first-order valence-electron chi connectivity index (χ1n) is 11.3. The van der Waals surface area contributed by atoms with Gasteiger partial charge in [0.25, 0.3) is 0 Å². The largest absolute Gasteiger partial charge is 0.444 e. The number of ether oxygens (including phenoxy) is 1. The van der Waals surface area contributed by atoms with E-state index < -0.39 is 5.60 Å². The van der Waals surface area contributed by atoms with Crippen LogP contribution in [0, 0.1) is 17.8 Å². The van der Waals surface area contributed by atoms with Gasteiger partial charge in [0.2, 0.25) is 0 Å². The van der Waals surface area contributed by atoms with Gasteiger partial charge < -0.3 is 9.64 Å². The number of benzene rings is 1. The Labute approximate surface area is 182 Å². The molecule has 0 N–H and O–H groups in total. The molecule has 30 heavy (non-hydrogen) atoms. The third-order valence-corrected chi connectivity index (χ3v) is 5.72. The van der Waals surface area contributed by atoms with Crippen molar-refractivity contribution in [3.8, 4) is 11.8 Å². The maximum absolute atomic E-state index is 12.1. The molecule has 0 atom stereocenters. The zero-order valence-corrected chi connectivity index (χ0v) is 18.9. The van der Waals surface area contributed by atoms with Gasteiger partial charge in [-0.2, -0.15) is 0 Å². The molecule has 0 aromatic heterocycles. The zero-order chi connectivity index (χ0) is 21.4. The fourth-order valence-corrected chi connectivity index (χ4v) is 3.98. The van der Waals surface area contributed by atoms with Gasteiger partial charge in [-0.15, -0.1) is 5.92 Å². The minimum atomic E-state index is -0.430. The number of nitrogens with zero attached hydrogens (tertiary/aromatic N) is 3. The Morgan fingerprint density at radius 3 is 2.27 bits per heavy atom. The summed E-state index contributed by atoms with van der Waals surface area (Å²) in [6.45, 7) is 13.8. The van der Waals surface area contributed by atoms with E-state index in [1.54, 1.807) is 0 Å². The molecule has 2 saturated heterocycles. The van der Waals surface area contributed by atoms with Crippen molar-refractivity contribution in [1.29, 1.82) is 0 Å². The Morgan fingerprint density at radius 1 is 1.00 bits per heavy atom. The van der Waals surface area contributed by atoms with Gasteiger partial charge in [-0.1, -0.05) is 36.3 Å². The van der Waals surface area contributed by atoms with Crippen LogP contribution in [-0.4, -0.2) is 72.2 Å². The molecule has 0 saturated carbocycles. The van der Waals surface area contributed by atoms with E-state index in [0.717, 1.165) is 71.6 Å². The molecule has 164 valence electrons. The van der Waals surface area contributed by atoms with Crippen molar-refractivity contribution in [3.05, 3.63) is 35.9 Å². The van der Waals surface area contributed by atoms with Crippen molar-refractivity contribution in [2.75, 3.05) is 45.8 Å². The lowest BCUT2D eigenvalue weighted by Gasteiger charge is -2.34. The van der Waals surface area contributed by atoms with Crippen LogP contribution in [0.25, 0.3) is 0 Å². The molecule has 3 rings (SSSR count). The number of carbonyl (C=O) groups excluding carboxylic acids is 1. The second-order valence-corrected chi connectivity index (χ2v) is 9.42. The van der Waals surface area contributed by atoms with Gasteiger partial charge in [-0.05, 0) is 39.2 Å². The summed E-state index contributed by atoms with van der Waals surface area (Å²) in [6.07, 6.45) is 2.64. The minimum absolute atomic E-state index is 0.194. The van der Waals surface area contributed by atoms with Crippen molar-refractivity contribution in [3.63, 3.8) is 0 Å². The fourth-order valence-electron chi connectivity index (χ4n) is 3.98. The van der Waals surface area contributed by atoms with Crippen LogP contribution < -0.4 is 0 Å². The molecule has 2 aliphatic heterocycles. The number of likely N-dealkylation sites (tertiary alicyclic amines) is 1. The number of amides is 1. The topological polar surface area (TPSA) is 36.0 Å². The summed E-state index contributed by atoms with van der Waals surface area (Å²) in [6, 6.07) is 10.7. The van der Waals surface area contributed by atoms with E-state index in [9.17, 15) is 4.79 Å². The molecule has 2 heterocycles. The Hall–Kier alpha value is -2.03. The van der Waals surface area contributed by atoms with Crippen molar-refractivity contribution in [2.24, 2.45) is 5.92 Å². The minimum Gasteiger partial charge on any atom is -0.444 e. The Balaban J connectivity index is 1.29. The van der Waals surface area contributed by atoms with Gasteiger partial charge in [0.05, 0.1) is 0 Å². The summed E-state index contributed by atoms with van der Waals surface area (Å²) in [5.74, 6) is 7.25. The van der Waals surface area contributed by atoms with Crippen molar-refractivity contribution < 1.29 is 9.53 Å². The number of piperazine rings is 1. The maximum Gasteiger partial charge on any atom is 0.410 e. The second kappa shape index (κ2) is 10.8. The average Bonchev–Trinajstić information content (AvgIpc) is 2.72. The number of piperidine rings is 1. The van der Waals surface area contributed by atoms with Crippen LogP contribution in [0.1, 0.15) is 45.6 Å². The van der Waals surface area contributed by atoms with Gasteiger partial charge in [0.15, 0.2) is 0 Å². The molecule has 0 unspecified atom stereocenters. The molecule has 2 aliphatic rings. The predicted octanol–water partition coefficient (Wildman–Crippen LogP) is 3.84. The SMILES string of the molecule is CC(C)(C)OC(=O)N1CCC(C#CCCN2CCN(Cc3ccccc3)CC2)CC1. The third-order valence-electron chi connectivity index (χ3n) is 5.72. The number of hydrogen-bond donors (Lipinski definition) is 0. The van der Waals surface area contributed by atoms with Crippen molar-refractivity contribution in [1.82, 2.24) is 14.7 Å². The summed E-state index contributed by atoms with van der Waals surface area (Å²) >= 11 is 0. The highest BCUT2D eigenvalue weighted by Crippen LogP contribution is 2.19. The van der Waals surface area contributed by atoms with Crippen LogP contribution in [-0.2, 0) is 11.3 Å². The lowest BCUT2D eigenvalue weighted by Crippen LogP contribution is -2.46. The Bertz CT molecular complexity index is 716. The smallest absolute Gasteiger partial charge is 0.410 e. The van der Waals surface area contributed by atoms with Crippen LogP contribution in [0.2, 0.25) is 0 Å². The number of rotatable bonds is 4. The molecule has 1 amide bonds. The second-order valence-electron chi connectivity index (χ2n) is 9.42. The summed E-state index contributed by atoms with van der Waals surface area (Å²) < 4.78 is 5.46. The molecule has 5 nitrogen and oxygen atoms in total. The highest BCUT2D eigenvalue weighted by Gasteiger charge is 2.26. The van der Waals surface area contributed by atoms with Crippen LogP contribution in [0.15, 0.2) is 30.3 Å².